The molecule has 2 N–H and O–H groups in total. The van der Waals surface area contributed by atoms with E-state index in [4.69, 9.17) is 4.74 Å². The second kappa shape index (κ2) is 8.90. The maximum atomic E-state index is 13.2. The van der Waals surface area contributed by atoms with E-state index in [-0.39, 0.29) is 37.0 Å². The first kappa shape index (κ1) is 21.7. The van der Waals surface area contributed by atoms with Gasteiger partial charge in [-0.25, -0.2) is 8.78 Å². The van der Waals surface area contributed by atoms with Crippen molar-refractivity contribution in [3.63, 3.8) is 0 Å². The Kier molecular flexibility index (Phi) is 6.22. The monoisotopic (exact) mass is 435 g/mol. The molecule has 4 rings (SSSR count). The Balaban J connectivity index is 1.23. The summed E-state index contributed by atoms with van der Waals surface area (Å²) in [6.07, 6.45) is 1.59. The third-order valence-electron chi connectivity index (χ3n) is 6.31. The largest absolute Gasteiger partial charge is 0.492 e. The van der Waals surface area contributed by atoms with E-state index in [0.29, 0.717) is 56.8 Å². The number of carbonyl (C=O) groups excluding carboxylic acids is 3. The molecule has 0 aromatic heterocycles. The topological polar surface area (TPSA) is 87.7 Å². The van der Waals surface area contributed by atoms with Gasteiger partial charge < -0.3 is 15.0 Å². The van der Waals surface area contributed by atoms with Crippen LogP contribution >= 0.6 is 0 Å². The molecule has 9 heteroatoms. The van der Waals surface area contributed by atoms with Gasteiger partial charge in [-0.2, -0.15) is 0 Å². The maximum Gasteiger partial charge on any atom is 0.255 e. The minimum absolute atomic E-state index is 0.0282. The van der Waals surface area contributed by atoms with E-state index in [1.54, 1.807) is 12.1 Å². The minimum atomic E-state index is -2.50. The number of ether oxygens (including phenoxy) is 1. The van der Waals surface area contributed by atoms with E-state index in [9.17, 15) is 23.2 Å². The highest BCUT2D eigenvalue weighted by Crippen LogP contribution is 2.35. The molecule has 0 bridgehead atoms. The second-order valence-electron chi connectivity index (χ2n) is 8.57. The lowest BCUT2D eigenvalue weighted by Crippen LogP contribution is -2.52. The summed E-state index contributed by atoms with van der Waals surface area (Å²) in [4.78, 5) is 37.7. The molecule has 1 atom stereocenters. The van der Waals surface area contributed by atoms with Gasteiger partial charge in [0.2, 0.25) is 17.7 Å². The molecule has 2 fully saturated rings. The van der Waals surface area contributed by atoms with Crippen molar-refractivity contribution in [3.05, 3.63) is 29.3 Å². The van der Waals surface area contributed by atoms with Crippen LogP contribution in [0.2, 0.25) is 0 Å². The van der Waals surface area contributed by atoms with Crippen molar-refractivity contribution in [2.75, 3.05) is 19.7 Å². The number of alkyl halides is 2. The summed E-state index contributed by atoms with van der Waals surface area (Å²) in [5, 5.41) is 5.56. The van der Waals surface area contributed by atoms with Crippen molar-refractivity contribution < 1.29 is 27.9 Å². The van der Waals surface area contributed by atoms with E-state index in [0.717, 1.165) is 5.56 Å². The number of carbonyl (C=O) groups is 3. The Morgan fingerprint density at radius 1 is 1.16 bits per heavy atom. The highest BCUT2D eigenvalue weighted by molar-refractivity contribution is 6.05. The van der Waals surface area contributed by atoms with Crippen LogP contribution in [-0.4, -0.2) is 54.3 Å². The van der Waals surface area contributed by atoms with Crippen molar-refractivity contribution in [1.82, 2.24) is 15.5 Å². The van der Waals surface area contributed by atoms with Crippen LogP contribution in [0.15, 0.2) is 18.2 Å². The number of nitrogens with zero attached hydrogens (tertiary/aromatic N) is 1. The molecular formula is C22H27F2N3O4. The molecule has 168 valence electrons. The van der Waals surface area contributed by atoms with E-state index < -0.39 is 17.9 Å². The average molecular weight is 435 g/mol. The van der Waals surface area contributed by atoms with Gasteiger partial charge in [0.05, 0.1) is 0 Å². The first-order chi connectivity index (χ1) is 14.8. The van der Waals surface area contributed by atoms with Crippen molar-refractivity contribution in [1.29, 1.82) is 0 Å². The van der Waals surface area contributed by atoms with Crippen LogP contribution in [0.4, 0.5) is 8.78 Å². The lowest BCUT2D eigenvalue weighted by atomic mass is 9.87. The van der Waals surface area contributed by atoms with E-state index in [1.165, 1.54) is 4.90 Å². The molecule has 3 aliphatic rings. The predicted octanol–water partition coefficient (Wildman–Crippen LogP) is 2.24. The molecule has 0 spiro atoms. The van der Waals surface area contributed by atoms with Crippen LogP contribution in [0.5, 0.6) is 5.75 Å². The maximum absolute atomic E-state index is 13.2. The van der Waals surface area contributed by atoms with Crippen LogP contribution in [-0.2, 0) is 16.1 Å². The Morgan fingerprint density at radius 3 is 2.68 bits per heavy atom. The molecule has 0 radical (unpaired) electrons. The summed E-state index contributed by atoms with van der Waals surface area (Å²) in [6.45, 7) is 2.04. The summed E-state index contributed by atoms with van der Waals surface area (Å²) in [7, 11) is 0. The van der Waals surface area contributed by atoms with Gasteiger partial charge in [-0.3, -0.25) is 19.7 Å². The van der Waals surface area contributed by atoms with E-state index in [2.05, 4.69) is 10.6 Å². The number of fused-ring (bicyclic) bond motifs is 1. The predicted molar refractivity (Wildman–Crippen MR) is 108 cm³/mol. The van der Waals surface area contributed by atoms with Crippen LogP contribution in [0, 0.1) is 5.92 Å². The summed E-state index contributed by atoms with van der Waals surface area (Å²) in [5.74, 6) is -2.53. The highest BCUT2D eigenvalue weighted by atomic mass is 19.3. The van der Waals surface area contributed by atoms with Crippen molar-refractivity contribution in [2.24, 2.45) is 5.92 Å². The number of benzene rings is 1. The number of hydrogen-bond acceptors (Lipinski definition) is 5. The van der Waals surface area contributed by atoms with Crippen molar-refractivity contribution in [3.8, 4) is 5.75 Å². The van der Waals surface area contributed by atoms with Crippen LogP contribution in [0.25, 0.3) is 0 Å². The average Bonchev–Trinajstić information content (AvgIpc) is 3.04. The molecule has 1 saturated carbocycles. The van der Waals surface area contributed by atoms with Gasteiger partial charge in [0, 0.05) is 37.9 Å². The normalized spacial score (nSPS) is 23.6. The fourth-order valence-electron chi connectivity index (χ4n) is 4.49. The molecule has 31 heavy (non-hydrogen) atoms. The summed E-state index contributed by atoms with van der Waals surface area (Å²) >= 11 is 0. The molecule has 2 heterocycles. The summed E-state index contributed by atoms with van der Waals surface area (Å²) in [5.41, 5.74) is 1.34. The van der Waals surface area contributed by atoms with Crippen molar-refractivity contribution in [2.45, 2.75) is 57.0 Å². The zero-order valence-corrected chi connectivity index (χ0v) is 17.3. The number of imide groups is 1. The molecule has 2 aliphatic heterocycles. The van der Waals surface area contributed by atoms with E-state index >= 15 is 0 Å². The SMILES string of the molecule is O=C1CCC(N2Cc3cc(OCCNCC4CCC(F)(F)CC4)ccc3C2=O)C(=O)N1. The Morgan fingerprint density at radius 2 is 1.94 bits per heavy atom. The van der Waals surface area contributed by atoms with Gasteiger partial charge in [0.25, 0.3) is 5.91 Å². The molecule has 1 aromatic carbocycles. The number of rotatable bonds is 7. The zero-order valence-electron chi connectivity index (χ0n) is 17.3. The van der Waals surface area contributed by atoms with Gasteiger partial charge in [-0.15, -0.1) is 0 Å². The zero-order chi connectivity index (χ0) is 22.0. The highest BCUT2D eigenvalue weighted by Gasteiger charge is 2.39. The fourth-order valence-corrected chi connectivity index (χ4v) is 4.49. The Labute approximate surface area is 179 Å². The number of nitrogens with one attached hydrogen (secondary N) is 2. The number of piperidine rings is 1. The molecule has 1 aromatic rings. The minimum Gasteiger partial charge on any atom is -0.492 e. The Hall–Kier alpha value is -2.55. The number of halogens is 2. The fraction of sp³-hybridized carbons (Fsp3) is 0.591. The molecule has 1 saturated heterocycles. The first-order valence-corrected chi connectivity index (χ1v) is 10.8. The lowest BCUT2D eigenvalue weighted by Gasteiger charge is -2.29. The van der Waals surface area contributed by atoms with Gasteiger partial charge in [-0.05, 0) is 55.5 Å². The standard InChI is InChI=1S/C22H27F2N3O4/c23-22(24)7-5-14(6-8-22)12-25-9-10-31-16-1-2-17-15(11-16)13-27(21(17)30)18-3-4-19(28)26-20(18)29/h1-2,11,14,18,25H,3-10,12-13H2,(H,26,28,29). The van der Waals surface area contributed by atoms with Crippen LogP contribution in [0.1, 0.15) is 54.4 Å². The summed E-state index contributed by atoms with van der Waals surface area (Å²) in [6, 6.07) is 4.61. The van der Waals surface area contributed by atoms with Gasteiger partial charge in [0.1, 0.15) is 18.4 Å². The second-order valence-corrected chi connectivity index (χ2v) is 8.57. The lowest BCUT2D eigenvalue weighted by molar-refractivity contribution is -0.136. The quantitative estimate of drug-likeness (QED) is 0.507. The molecule has 1 aliphatic carbocycles. The third-order valence-corrected chi connectivity index (χ3v) is 6.31. The van der Waals surface area contributed by atoms with Crippen LogP contribution < -0.4 is 15.4 Å². The van der Waals surface area contributed by atoms with Gasteiger partial charge in [0.15, 0.2) is 0 Å². The number of hydrogen-bond donors (Lipinski definition) is 2. The molecule has 7 nitrogen and oxygen atoms in total. The molecule has 3 amide bonds. The summed E-state index contributed by atoms with van der Waals surface area (Å²) < 4.78 is 32.2. The first-order valence-electron chi connectivity index (χ1n) is 10.8. The van der Waals surface area contributed by atoms with Crippen LogP contribution in [0.3, 0.4) is 0 Å². The number of amides is 3. The third kappa shape index (κ3) is 5.03. The van der Waals surface area contributed by atoms with Gasteiger partial charge >= 0.3 is 0 Å². The van der Waals surface area contributed by atoms with Crippen molar-refractivity contribution >= 4 is 17.7 Å². The smallest absolute Gasteiger partial charge is 0.255 e. The van der Waals surface area contributed by atoms with Gasteiger partial charge in [-0.1, -0.05) is 0 Å². The molecular weight excluding hydrogens is 408 g/mol. The van der Waals surface area contributed by atoms with E-state index in [1.807, 2.05) is 6.07 Å². The Bertz CT molecular complexity index is 866. The molecule has 1 unspecified atom stereocenters.